The molecule has 0 saturated carbocycles. The van der Waals surface area contributed by atoms with Crippen molar-refractivity contribution in [2.24, 2.45) is 0 Å². The fraction of sp³-hybridized carbons (Fsp3) is 0.0500. The first kappa shape index (κ1) is 16.0. The Morgan fingerprint density at radius 2 is 1.84 bits per heavy atom. The van der Waals surface area contributed by atoms with E-state index in [1.165, 1.54) is 11.3 Å². The number of nitrogens with zero attached hydrogens (tertiary/aromatic N) is 2. The molecule has 0 atom stereocenters. The molecule has 0 spiro atoms. The van der Waals surface area contributed by atoms with Crippen LogP contribution in [-0.4, -0.2) is 9.97 Å². The third kappa shape index (κ3) is 3.21. The van der Waals surface area contributed by atoms with Crippen molar-refractivity contribution in [2.45, 2.75) is 16.7 Å². The molecule has 122 valence electrons. The maximum Gasteiger partial charge on any atom is 0.279 e. The molecular weight excluding hydrogens is 348 g/mol. The molecule has 25 heavy (non-hydrogen) atoms. The van der Waals surface area contributed by atoms with Crippen LogP contribution in [0.3, 0.4) is 0 Å². The van der Waals surface area contributed by atoms with Crippen LogP contribution in [0.25, 0.3) is 21.3 Å². The van der Waals surface area contributed by atoms with Crippen LogP contribution >= 0.6 is 23.1 Å². The van der Waals surface area contributed by atoms with Crippen molar-refractivity contribution in [3.05, 3.63) is 82.2 Å². The number of hydrogen-bond acceptors (Lipinski definition) is 5. The minimum absolute atomic E-state index is 0.194. The zero-order valence-electron chi connectivity index (χ0n) is 13.5. The Hall–Kier alpha value is -2.50. The van der Waals surface area contributed by atoms with E-state index in [1.807, 2.05) is 48.7 Å². The van der Waals surface area contributed by atoms with Gasteiger partial charge in [-0.05, 0) is 42.8 Å². The van der Waals surface area contributed by atoms with Gasteiger partial charge in [0.05, 0.1) is 16.6 Å². The van der Waals surface area contributed by atoms with E-state index in [4.69, 9.17) is 0 Å². The molecule has 0 aliphatic rings. The number of aryl methyl sites for hydroxylation is 1. The minimum Gasteiger partial charge on any atom is -0.267 e. The predicted molar refractivity (Wildman–Crippen MR) is 104 cm³/mol. The van der Waals surface area contributed by atoms with Crippen molar-refractivity contribution >= 4 is 33.2 Å². The van der Waals surface area contributed by atoms with Gasteiger partial charge in [0.2, 0.25) is 0 Å². The van der Waals surface area contributed by atoms with Gasteiger partial charge in [-0.1, -0.05) is 36.0 Å². The highest BCUT2D eigenvalue weighted by molar-refractivity contribution is 7.99. The van der Waals surface area contributed by atoms with Crippen LogP contribution in [-0.2, 0) is 0 Å². The maximum absolute atomic E-state index is 12.1. The average Bonchev–Trinajstić information content (AvgIpc) is 2.64. The van der Waals surface area contributed by atoms with Crippen molar-refractivity contribution in [1.82, 2.24) is 9.97 Å². The lowest BCUT2D eigenvalue weighted by atomic mass is 10.1. The highest BCUT2D eigenvalue weighted by Gasteiger charge is 2.12. The molecule has 0 fully saturated rings. The van der Waals surface area contributed by atoms with E-state index >= 15 is 0 Å². The molecule has 0 amide bonds. The summed E-state index contributed by atoms with van der Waals surface area (Å²) in [6, 6.07) is 18.1. The summed E-state index contributed by atoms with van der Waals surface area (Å²) in [7, 11) is 0. The van der Waals surface area contributed by atoms with Gasteiger partial charge >= 0.3 is 0 Å². The Morgan fingerprint density at radius 1 is 1.00 bits per heavy atom. The van der Waals surface area contributed by atoms with E-state index < -0.39 is 0 Å². The van der Waals surface area contributed by atoms with Crippen molar-refractivity contribution in [1.29, 1.82) is 0 Å². The first-order valence-electron chi connectivity index (χ1n) is 7.79. The lowest BCUT2D eigenvalue weighted by molar-refractivity contribution is 1.18. The van der Waals surface area contributed by atoms with Crippen LogP contribution in [0.5, 0.6) is 0 Å². The van der Waals surface area contributed by atoms with Gasteiger partial charge in [0.1, 0.15) is 0 Å². The predicted octanol–water partition coefficient (Wildman–Crippen LogP) is 5.18. The second-order valence-corrected chi connectivity index (χ2v) is 7.56. The minimum atomic E-state index is -0.194. The zero-order valence-corrected chi connectivity index (χ0v) is 15.1. The van der Waals surface area contributed by atoms with Crippen LogP contribution in [0, 0.1) is 6.92 Å². The van der Waals surface area contributed by atoms with Crippen molar-refractivity contribution in [3.8, 4) is 11.3 Å². The molecule has 2 aromatic heterocycles. The number of fused-ring (bicyclic) bond motifs is 1. The lowest BCUT2D eigenvalue weighted by Gasteiger charge is -2.12. The van der Waals surface area contributed by atoms with Crippen LogP contribution in [0.2, 0.25) is 0 Å². The van der Waals surface area contributed by atoms with Gasteiger partial charge in [0.15, 0.2) is 0 Å². The van der Waals surface area contributed by atoms with Crippen LogP contribution in [0.1, 0.15) is 5.56 Å². The lowest BCUT2D eigenvalue weighted by Crippen LogP contribution is -2.03. The van der Waals surface area contributed by atoms with Crippen LogP contribution < -0.4 is 5.56 Å². The van der Waals surface area contributed by atoms with Crippen LogP contribution in [0.4, 0.5) is 0 Å². The van der Waals surface area contributed by atoms with Crippen molar-refractivity contribution in [2.75, 3.05) is 0 Å². The molecule has 0 aliphatic heterocycles. The number of pyridine rings is 1. The summed E-state index contributed by atoms with van der Waals surface area (Å²) in [5.74, 6) is 0. The highest BCUT2D eigenvalue weighted by atomic mass is 32.2. The molecule has 0 bridgehead atoms. The van der Waals surface area contributed by atoms with Gasteiger partial charge in [0, 0.05) is 26.3 Å². The summed E-state index contributed by atoms with van der Waals surface area (Å²) in [5.41, 5.74) is 4.39. The third-order valence-electron chi connectivity index (χ3n) is 3.90. The number of aromatic nitrogens is 2. The second kappa shape index (κ2) is 6.78. The van der Waals surface area contributed by atoms with E-state index in [-0.39, 0.29) is 5.56 Å². The number of hydrogen-bond donors (Lipinski definition) is 0. The summed E-state index contributed by atoms with van der Waals surface area (Å²) >= 11 is 3.16. The first-order chi connectivity index (χ1) is 12.2. The van der Waals surface area contributed by atoms with E-state index in [1.54, 1.807) is 17.3 Å². The Kier molecular flexibility index (Phi) is 4.34. The monoisotopic (exact) mass is 362 g/mol. The standard InChI is InChI=1S/C20H14N2OS2/c1-13-9-10-21-18(19(13)25-15-5-3-2-4-6-15)14-7-8-17-16(11-14)20(23)22-12-24-17/h2-12H,1H3. The Bertz CT molecular complexity index is 1110. The molecule has 0 aliphatic carbocycles. The summed E-state index contributed by atoms with van der Waals surface area (Å²) in [6.07, 6.45) is 1.81. The quantitative estimate of drug-likeness (QED) is 0.504. The maximum atomic E-state index is 12.1. The van der Waals surface area contributed by atoms with Crippen LogP contribution in [0.15, 0.2) is 80.9 Å². The van der Waals surface area contributed by atoms with Gasteiger partial charge in [-0.25, -0.2) is 4.98 Å². The van der Waals surface area contributed by atoms with Gasteiger partial charge in [-0.3, -0.25) is 9.78 Å². The van der Waals surface area contributed by atoms with Gasteiger partial charge in [-0.2, -0.15) is 0 Å². The van der Waals surface area contributed by atoms with Gasteiger partial charge < -0.3 is 0 Å². The van der Waals surface area contributed by atoms with E-state index in [9.17, 15) is 4.79 Å². The summed E-state index contributed by atoms with van der Waals surface area (Å²) in [4.78, 5) is 22.8. The molecule has 5 heteroatoms. The normalized spacial score (nSPS) is 10.9. The summed E-state index contributed by atoms with van der Waals surface area (Å²) in [5, 5.41) is 0.643. The number of rotatable bonds is 3. The molecule has 2 heterocycles. The summed E-state index contributed by atoms with van der Waals surface area (Å²) < 4.78 is 0.939. The molecular formula is C20H14N2OS2. The molecule has 4 rings (SSSR count). The molecule has 0 N–H and O–H groups in total. The third-order valence-corrected chi connectivity index (χ3v) is 5.95. The Labute approximate surface area is 153 Å². The molecule has 0 saturated heterocycles. The molecule has 4 aromatic rings. The molecule has 2 aromatic carbocycles. The Morgan fingerprint density at radius 3 is 2.68 bits per heavy atom. The fourth-order valence-corrected chi connectivity index (χ4v) is 4.34. The largest absolute Gasteiger partial charge is 0.279 e. The molecule has 0 unspecified atom stereocenters. The average molecular weight is 362 g/mol. The van der Waals surface area contributed by atoms with E-state index in [0.717, 1.165) is 31.3 Å². The first-order valence-corrected chi connectivity index (χ1v) is 9.48. The van der Waals surface area contributed by atoms with Gasteiger partial charge in [-0.15, -0.1) is 11.3 Å². The topological polar surface area (TPSA) is 42.9 Å². The Balaban J connectivity index is 1.87. The second-order valence-electron chi connectivity index (χ2n) is 5.59. The zero-order chi connectivity index (χ0) is 17.2. The fourth-order valence-electron chi connectivity index (χ4n) is 2.63. The molecule has 0 radical (unpaired) electrons. The highest BCUT2D eigenvalue weighted by Crippen LogP contribution is 2.37. The molecule has 3 nitrogen and oxygen atoms in total. The van der Waals surface area contributed by atoms with E-state index in [2.05, 4.69) is 29.0 Å². The van der Waals surface area contributed by atoms with E-state index in [0.29, 0.717) is 5.39 Å². The van der Waals surface area contributed by atoms with Crippen molar-refractivity contribution < 1.29 is 0 Å². The smallest absolute Gasteiger partial charge is 0.267 e. The summed E-state index contributed by atoms with van der Waals surface area (Å²) in [6.45, 7) is 2.08. The SMILES string of the molecule is Cc1ccnc(-c2ccc3scnc(=O)c3c2)c1Sc1ccccc1. The van der Waals surface area contributed by atoms with Gasteiger partial charge in [0.25, 0.3) is 5.56 Å². The number of benzene rings is 2. The van der Waals surface area contributed by atoms with Crippen molar-refractivity contribution in [3.63, 3.8) is 0 Å².